The molecule has 3 saturated heterocycles. The van der Waals surface area contributed by atoms with Crippen LogP contribution in [0.3, 0.4) is 0 Å². The highest BCUT2D eigenvalue weighted by Gasteiger charge is 2.39. The number of ether oxygens (including phenoxy) is 3. The predicted molar refractivity (Wildman–Crippen MR) is 254 cm³/mol. The Bertz CT molecular complexity index is 2570. The average Bonchev–Trinajstić information content (AvgIpc) is 4.12. The van der Waals surface area contributed by atoms with Gasteiger partial charge in [-0.15, -0.1) is 11.3 Å². The maximum atomic E-state index is 14.6. The van der Waals surface area contributed by atoms with Crippen LogP contribution in [0.25, 0.3) is 21.1 Å². The molecular formula is C50H63FN8O8S. The highest BCUT2D eigenvalue weighted by atomic mass is 32.1. The lowest BCUT2D eigenvalue weighted by atomic mass is 9.83. The van der Waals surface area contributed by atoms with Gasteiger partial charge in [-0.3, -0.25) is 29.1 Å². The summed E-state index contributed by atoms with van der Waals surface area (Å²) in [5.74, 6) is 0.528. The Balaban J connectivity index is 0.814. The number of rotatable bonds is 15. The van der Waals surface area contributed by atoms with Gasteiger partial charge in [0.25, 0.3) is 11.8 Å². The summed E-state index contributed by atoms with van der Waals surface area (Å²) in [5.41, 5.74) is 1.76. The molecule has 1 aliphatic carbocycles. The van der Waals surface area contributed by atoms with Gasteiger partial charge in [0.05, 0.1) is 36.0 Å². The highest BCUT2D eigenvalue weighted by molar-refractivity contribution is 7.17. The number of halogens is 1. The van der Waals surface area contributed by atoms with Gasteiger partial charge in [-0.1, -0.05) is 33.1 Å². The van der Waals surface area contributed by atoms with Crippen LogP contribution in [0.1, 0.15) is 88.4 Å². The SMILES string of the molecule is CC[C@@H](C)C(=O)N[C@H](C(=O)N1CCN(C(=O)c2cc3cc(F)ccc3n2CC(=O)N2CCOC[C@@H]2COc2cc(CN3CCC(Oc4ccnc5ccsc45)CC3)on2)[C@@H](C)C1)C1CCCCC1. The van der Waals surface area contributed by atoms with Crippen LogP contribution in [-0.2, 0) is 32.2 Å². The Morgan fingerprint density at radius 1 is 0.971 bits per heavy atom. The summed E-state index contributed by atoms with van der Waals surface area (Å²) in [6, 6.07) is 10.2. The third-order valence-electron chi connectivity index (χ3n) is 14.3. The van der Waals surface area contributed by atoms with E-state index in [-0.39, 0.29) is 79.6 Å². The van der Waals surface area contributed by atoms with Crippen molar-refractivity contribution in [3.8, 4) is 11.6 Å². The minimum atomic E-state index is -0.602. The number of morpholine rings is 1. The van der Waals surface area contributed by atoms with Crippen molar-refractivity contribution < 1.29 is 42.3 Å². The number of piperazine rings is 1. The lowest BCUT2D eigenvalue weighted by Crippen LogP contribution is -2.60. The first-order valence-electron chi connectivity index (χ1n) is 24.4. The third kappa shape index (κ3) is 10.7. The second-order valence-electron chi connectivity index (χ2n) is 18.9. The predicted octanol–water partition coefficient (Wildman–Crippen LogP) is 6.51. The monoisotopic (exact) mass is 954 g/mol. The van der Waals surface area contributed by atoms with Gasteiger partial charge < -0.3 is 43.3 Å². The molecule has 18 heteroatoms. The van der Waals surface area contributed by atoms with Gasteiger partial charge >= 0.3 is 0 Å². The van der Waals surface area contributed by atoms with Crippen LogP contribution in [0.2, 0.25) is 0 Å². The minimum Gasteiger partial charge on any atom is -0.489 e. The van der Waals surface area contributed by atoms with E-state index in [2.05, 4.69) is 20.4 Å². The second-order valence-corrected chi connectivity index (χ2v) is 19.9. The summed E-state index contributed by atoms with van der Waals surface area (Å²) >= 11 is 1.64. The summed E-state index contributed by atoms with van der Waals surface area (Å²) in [4.78, 5) is 68.2. The van der Waals surface area contributed by atoms with E-state index < -0.39 is 17.9 Å². The van der Waals surface area contributed by atoms with E-state index in [1.54, 1.807) is 55.0 Å². The molecule has 1 N–H and O–H groups in total. The molecule has 5 aromatic rings. The molecule has 4 atom stereocenters. The van der Waals surface area contributed by atoms with Crippen molar-refractivity contribution >= 4 is 56.1 Å². The molecule has 68 heavy (non-hydrogen) atoms. The smallest absolute Gasteiger partial charge is 0.270 e. The van der Waals surface area contributed by atoms with Crippen LogP contribution in [0.15, 0.2) is 58.6 Å². The Morgan fingerprint density at radius 3 is 2.59 bits per heavy atom. The van der Waals surface area contributed by atoms with E-state index in [1.807, 2.05) is 38.3 Å². The number of nitrogens with one attached hydrogen (secondary N) is 1. The Kier molecular flexibility index (Phi) is 14.9. The number of hydrogen-bond acceptors (Lipinski definition) is 12. The molecule has 0 radical (unpaired) electrons. The molecule has 4 aliphatic rings. The van der Waals surface area contributed by atoms with Crippen molar-refractivity contribution in [3.63, 3.8) is 0 Å². The zero-order valence-corrected chi connectivity index (χ0v) is 40.1. The van der Waals surface area contributed by atoms with E-state index in [0.717, 1.165) is 74.0 Å². The van der Waals surface area contributed by atoms with Crippen LogP contribution in [0, 0.1) is 17.7 Å². The molecule has 1 aromatic carbocycles. The molecule has 4 fully saturated rings. The highest BCUT2D eigenvalue weighted by Crippen LogP contribution is 2.32. The zero-order chi connectivity index (χ0) is 47.3. The fourth-order valence-corrected chi connectivity index (χ4v) is 11.0. The number of fused-ring (bicyclic) bond motifs is 2. The van der Waals surface area contributed by atoms with E-state index in [4.69, 9.17) is 18.7 Å². The number of benzene rings is 1. The maximum Gasteiger partial charge on any atom is 0.270 e. The van der Waals surface area contributed by atoms with Crippen molar-refractivity contribution in [1.29, 1.82) is 0 Å². The number of piperidine rings is 1. The number of carbonyl (C=O) groups excluding carboxylic acids is 4. The number of aromatic nitrogens is 3. The van der Waals surface area contributed by atoms with Gasteiger partial charge in [0.15, 0.2) is 5.76 Å². The lowest BCUT2D eigenvalue weighted by molar-refractivity contribution is -0.142. The summed E-state index contributed by atoms with van der Waals surface area (Å²) in [6.45, 7) is 9.71. The van der Waals surface area contributed by atoms with Crippen molar-refractivity contribution in [1.82, 2.24) is 39.6 Å². The standard InChI is InChI=1S/C50H63FN8O8S/c1-4-32(2)48(61)53-46(34-8-6-5-7-9-34)50(63)56-19-20-57(33(3)27-56)49(62)42-25-35-24-36(51)10-11-41(35)59(42)29-45(60)58-21-22-64-30-37(58)31-65-44-26-39(67-54-44)28-55-17-13-38(14-18-55)66-43-12-16-52-40-15-23-68-47(40)43/h10-12,15-16,23-26,32-34,37-38,46H,4-9,13-14,17-22,27-31H2,1-3H3,(H,53,61)/t32-,33+,37-,46+/m1/s1. The van der Waals surface area contributed by atoms with E-state index >= 15 is 0 Å². The van der Waals surface area contributed by atoms with E-state index in [0.29, 0.717) is 61.7 Å². The Hall–Kier alpha value is -5.59. The number of hydrogen-bond donors (Lipinski definition) is 1. The topological polar surface area (TPSA) is 165 Å². The minimum absolute atomic E-state index is 0.0728. The fourth-order valence-electron chi connectivity index (χ4n) is 10.2. The largest absolute Gasteiger partial charge is 0.489 e. The lowest BCUT2D eigenvalue weighted by Gasteiger charge is -2.42. The molecule has 0 spiro atoms. The molecule has 16 nitrogen and oxygen atoms in total. The first kappa shape index (κ1) is 47.5. The summed E-state index contributed by atoms with van der Waals surface area (Å²) in [7, 11) is 0. The van der Waals surface area contributed by atoms with Crippen molar-refractivity contribution in [2.75, 3.05) is 59.1 Å². The Labute approximate surface area is 400 Å². The number of amides is 4. The first-order chi connectivity index (χ1) is 33.0. The Morgan fingerprint density at radius 2 is 1.79 bits per heavy atom. The van der Waals surface area contributed by atoms with E-state index in [1.165, 1.54) is 12.1 Å². The second kappa shape index (κ2) is 21.4. The average molecular weight is 955 g/mol. The quantitative estimate of drug-likeness (QED) is 0.122. The summed E-state index contributed by atoms with van der Waals surface area (Å²) in [6.07, 6.45) is 9.31. The van der Waals surface area contributed by atoms with Crippen LogP contribution >= 0.6 is 11.3 Å². The van der Waals surface area contributed by atoms with Gasteiger partial charge in [0.1, 0.15) is 42.6 Å². The van der Waals surface area contributed by atoms with Crippen molar-refractivity contribution in [2.45, 2.75) is 109 Å². The molecule has 4 aromatic heterocycles. The van der Waals surface area contributed by atoms with Gasteiger partial charge in [0, 0.05) is 74.4 Å². The third-order valence-corrected chi connectivity index (χ3v) is 15.3. The molecule has 7 heterocycles. The van der Waals surface area contributed by atoms with Crippen LogP contribution < -0.4 is 14.8 Å². The van der Waals surface area contributed by atoms with Crippen LogP contribution in [0.5, 0.6) is 11.6 Å². The van der Waals surface area contributed by atoms with E-state index in [9.17, 15) is 23.6 Å². The van der Waals surface area contributed by atoms with Gasteiger partial charge in [-0.25, -0.2) is 4.39 Å². The number of likely N-dealkylation sites (tertiary alicyclic amines) is 1. The first-order valence-corrected chi connectivity index (χ1v) is 25.3. The molecule has 364 valence electrons. The molecule has 9 rings (SSSR count). The van der Waals surface area contributed by atoms with Gasteiger partial charge in [-0.05, 0) is 91.9 Å². The molecular weight excluding hydrogens is 892 g/mol. The fraction of sp³-hybridized carbons (Fsp3) is 0.560. The molecule has 3 aliphatic heterocycles. The maximum absolute atomic E-state index is 14.6. The number of nitrogens with zero attached hydrogens (tertiary/aromatic N) is 7. The molecule has 0 unspecified atom stereocenters. The van der Waals surface area contributed by atoms with Crippen molar-refractivity contribution in [3.05, 3.63) is 71.3 Å². The zero-order valence-electron chi connectivity index (χ0n) is 39.3. The van der Waals surface area contributed by atoms with Crippen LogP contribution in [-0.4, -0.2) is 141 Å². The van der Waals surface area contributed by atoms with Crippen molar-refractivity contribution in [2.24, 2.45) is 11.8 Å². The molecule has 4 amide bonds. The van der Waals surface area contributed by atoms with Gasteiger partial charge in [-0.2, -0.15) is 0 Å². The molecule has 0 bridgehead atoms. The summed E-state index contributed by atoms with van der Waals surface area (Å²) in [5, 5.41) is 9.81. The normalized spacial score (nSPS) is 21.0. The van der Waals surface area contributed by atoms with Gasteiger partial charge in [0.2, 0.25) is 17.7 Å². The molecule has 1 saturated carbocycles. The summed E-state index contributed by atoms with van der Waals surface area (Å²) < 4.78 is 41.3. The number of carbonyl (C=O) groups is 4. The number of pyridine rings is 1. The van der Waals surface area contributed by atoms with Crippen LogP contribution in [0.4, 0.5) is 4.39 Å². The number of thiophene rings is 1.